The molecular weight excluding hydrogens is 278 g/mol. The molecule has 0 amide bonds. The first-order valence-corrected chi connectivity index (χ1v) is 6.13. The minimum absolute atomic E-state index is 0.153. The fraction of sp³-hybridized carbons (Fsp3) is 0.333. The Morgan fingerprint density at radius 2 is 2.24 bits per heavy atom. The van der Waals surface area contributed by atoms with Gasteiger partial charge in [-0.05, 0) is 0 Å². The van der Waals surface area contributed by atoms with Crippen LogP contribution in [0.15, 0.2) is 30.5 Å². The molecule has 9 nitrogen and oxygen atoms in total. The molecule has 1 fully saturated rings. The third kappa shape index (κ3) is 2.00. The Hall–Kier alpha value is -2.29. The van der Waals surface area contributed by atoms with Gasteiger partial charge in [-0.15, -0.1) is 5.73 Å². The molecule has 110 valence electrons. The Morgan fingerprint density at radius 1 is 1.43 bits per heavy atom. The predicted octanol–water partition coefficient (Wildman–Crippen LogP) is -0.411. The van der Waals surface area contributed by atoms with Crippen molar-refractivity contribution in [2.24, 2.45) is 0 Å². The van der Waals surface area contributed by atoms with Gasteiger partial charge in [-0.1, -0.05) is 6.58 Å². The molecule has 1 aliphatic heterocycles. The van der Waals surface area contributed by atoms with Crippen molar-refractivity contribution in [3.8, 4) is 0 Å². The molecule has 0 saturated carbocycles. The topological polar surface area (TPSA) is 126 Å². The van der Waals surface area contributed by atoms with Gasteiger partial charge in [-0.2, -0.15) is 0 Å². The van der Waals surface area contributed by atoms with Crippen LogP contribution in [0.2, 0.25) is 0 Å². The first-order chi connectivity index (χ1) is 10.2. The highest BCUT2D eigenvalue weighted by molar-refractivity contribution is 5.82. The summed E-state index contributed by atoms with van der Waals surface area (Å²) in [6.45, 7) is 3.19. The summed E-state index contributed by atoms with van der Waals surface area (Å²) < 4.78 is 7.14. The summed E-state index contributed by atoms with van der Waals surface area (Å²) in [5.41, 5.74) is 5.68. The smallest absolute Gasteiger partial charge is 0.181 e. The molecule has 4 N–H and O–H groups in total. The number of aromatic nitrogens is 4. The second kappa shape index (κ2) is 5.24. The van der Waals surface area contributed by atoms with Crippen LogP contribution in [-0.2, 0) is 4.74 Å². The van der Waals surface area contributed by atoms with Gasteiger partial charge < -0.3 is 14.9 Å². The molecule has 3 rings (SSSR count). The summed E-state index contributed by atoms with van der Waals surface area (Å²) in [7, 11) is 0. The first-order valence-electron chi connectivity index (χ1n) is 6.13. The Labute approximate surface area is 118 Å². The maximum atomic E-state index is 10.0. The average Bonchev–Trinajstić information content (AvgIpc) is 3.07. The van der Waals surface area contributed by atoms with Crippen LogP contribution >= 0.6 is 0 Å². The Morgan fingerprint density at radius 3 is 2.90 bits per heavy atom. The molecular formula is C12H13N5O4. The Bertz CT molecular complexity index is 724. The maximum absolute atomic E-state index is 10.0. The molecule has 1 saturated heterocycles. The van der Waals surface area contributed by atoms with Gasteiger partial charge in [0.05, 0.1) is 18.5 Å². The number of fused-ring (bicyclic) bond motifs is 1. The number of nitrogens with zero attached hydrogens (tertiary/aromatic N) is 4. The van der Waals surface area contributed by atoms with E-state index in [1.807, 2.05) is 5.48 Å². The lowest BCUT2D eigenvalue weighted by Gasteiger charge is -2.13. The van der Waals surface area contributed by atoms with Crippen LogP contribution in [0.25, 0.3) is 11.2 Å². The van der Waals surface area contributed by atoms with E-state index in [1.54, 1.807) is 4.57 Å². The van der Waals surface area contributed by atoms with E-state index < -0.39 is 18.4 Å². The molecule has 0 unspecified atom stereocenters. The number of nitrogens with one attached hydrogen (secondary N) is 1. The minimum atomic E-state index is -1.01. The maximum Gasteiger partial charge on any atom is 0.181 e. The van der Waals surface area contributed by atoms with Gasteiger partial charge in [0.2, 0.25) is 0 Å². The minimum Gasteiger partial charge on any atom is -0.394 e. The van der Waals surface area contributed by atoms with Gasteiger partial charge >= 0.3 is 0 Å². The van der Waals surface area contributed by atoms with Gasteiger partial charge in [0.15, 0.2) is 23.2 Å². The number of aliphatic hydroxyl groups is 2. The second-order valence-electron chi connectivity index (χ2n) is 4.44. The molecule has 0 aromatic carbocycles. The summed E-state index contributed by atoms with van der Waals surface area (Å²) in [6.07, 6.45) is 0.183. The van der Waals surface area contributed by atoms with Gasteiger partial charge in [-0.25, -0.2) is 15.0 Å². The average molecular weight is 291 g/mol. The lowest BCUT2D eigenvalue weighted by molar-refractivity contribution is -0.0422. The first kappa shape index (κ1) is 13.7. The highest BCUT2D eigenvalue weighted by atomic mass is 16.5. The highest BCUT2D eigenvalue weighted by Crippen LogP contribution is 2.35. The van der Waals surface area contributed by atoms with Gasteiger partial charge in [-0.3, -0.25) is 15.3 Å². The van der Waals surface area contributed by atoms with Crippen molar-refractivity contribution in [3.05, 3.63) is 30.5 Å². The normalized spacial score (nSPS) is 25.3. The van der Waals surface area contributed by atoms with Gasteiger partial charge in [0, 0.05) is 0 Å². The van der Waals surface area contributed by atoms with E-state index in [0.29, 0.717) is 16.7 Å². The third-order valence-electron chi connectivity index (χ3n) is 3.34. The molecule has 0 radical (unpaired) electrons. The number of imidazole rings is 1. The third-order valence-corrected chi connectivity index (χ3v) is 3.34. The van der Waals surface area contributed by atoms with Crippen molar-refractivity contribution in [1.82, 2.24) is 19.5 Å². The monoisotopic (exact) mass is 291 g/mol. The summed E-state index contributed by atoms with van der Waals surface area (Å²) in [6, 6.07) is 0. The quantitative estimate of drug-likeness (QED) is 0.444. The van der Waals surface area contributed by atoms with Crippen LogP contribution in [0.4, 0.5) is 5.82 Å². The lowest BCUT2D eigenvalue weighted by atomic mass is 10.1. The predicted molar refractivity (Wildman–Crippen MR) is 70.4 cm³/mol. The second-order valence-corrected chi connectivity index (χ2v) is 4.44. The van der Waals surface area contributed by atoms with E-state index in [1.165, 1.54) is 12.7 Å². The standard InChI is InChI=1S/C12H13N5O4/c1-2-6-9(19)7(3-18)21-12(6)17-5-15-8-10(16-20)13-4-14-11(8)17/h4-5,7,9,12,18-20H,1,3H2,(H,13,14,16)/t7-,9+,12-/m1/s1. The number of hydrogen-bond acceptors (Lipinski definition) is 8. The fourth-order valence-electron chi connectivity index (χ4n) is 2.32. The van der Waals surface area contributed by atoms with Crippen molar-refractivity contribution < 1.29 is 20.2 Å². The van der Waals surface area contributed by atoms with Gasteiger partial charge in [0.1, 0.15) is 18.5 Å². The molecule has 21 heavy (non-hydrogen) atoms. The molecule has 3 atom stereocenters. The van der Waals surface area contributed by atoms with Crippen molar-refractivity contribution in [2.45, 2.75) is 18.4 Å². The summed E-state index contributed by atoms with van der Waals surface area (Å²) in [5, 5.41) is 28.3. The van der Waals surface area contributed by atoms with E-state index in [9.17, 15) is 10.2 Å². The van der Waals surface area contributed by atoms with Crippen molar-refractivity contribution >= 4 is 17.0 Å². The summed E-state index contributed by atoms with van der Waals surface area (Å²) >= 11 is 0. The van der Waals surface area contributed by atoms with Crippen molar-refractivity contribution in [3.63, 3.8) is 0 Å². The SMILES string of the molecule is C=C=C1[C@H](n2cnc3c(NO)ncnc32)O[C@H](CO)[C@H]1O. The molecule has 0 spiro atoms. The van der Waals surface area contributed by atoms with Crippen LogP contribution in [0, 0.1) is 0 Å². The number of aliphatic hydroxyl groups excluding tert-OH is 2. The zero-order valence-electron chi connectivity index (χ0n) is 10.8. The highest BCUT2D eigenvalue weighted by Gasteiger charge is 2.40. The van der Waals surface area contributed by atoms with E-state index in [-0.39, 0.29) is 12.4 Å². The number of hydrogen-bond donors (Lipinski definition) is 4. The van der Waals surface area contributed by atoms with Crippen LogP contribution < -0.4 is 5.48 Å². The van der Waals surface area contributed by atoms with E-state index in [0.717, 1.165) is 0 Å². The molecule has 0 bridgehead atoms. The Kier molecular flexibility index (Phi) is 3.42. The zero-order valence-corrected chi connectivity index (χ0v) is 10.8. The van der Waals surface area contributed by atoms with E-state index in [2.05, 4.69) is 27.3 Å². The largest absolute Gasteiger partial charge is 0.394 e. The van der Waals surface area contributed by atoms with Crippen LogP contribution in [0.1, 0.15) is 6.23 Å². The number of rotatable bonds is 3. The molecule has 0 aliphatic carbocycles. The summed E-state index contributed by atoms with van der Waals surface area (Å²) in [5.74, 6) is 0.153. The van der Waals surface area contributed by atoms with E-state index >= 15 is 0 Å². The van der Waals surface area contributed by atoms with E-state index in [4.69, 9.17) is 9.94 Å². The van der Waals surface area contributed by atoms with Crippen LogP contribution in [0.3, 0.4) is 0 Å². The molecule has 2 aromatic heterocycles. The number of anilines is 1. The number of ether oxygens (including phenoxy) is 1. The van der Waals surface area contributed by atoms with Crippen molar-refractivity contribution in [2.75, 3.05) is 12.1 Å². The summed E-state index contributed by atoms with van der Waals surface area (Å²) in [4.78, 5) is 12.0. The fourth-order valence-corrected chi connectivity index (χ4v) is 2.32. The van der Waals surface area contributed by atoms with Crippen LogP contribution in [0.5, 0.6) is 0 Å². The van der Waals surface area contributed by atoms with Crippen molar-refractivity contribution in [1.29, 1.82) is 0 Å². The zero-order chi connectivity index (χ0) is 15.0. The molecule has 2 aromatic rings. The molecule has 3 heterocycles. The Balaban J connectivity index is 2.11. The van der Waals surface area contributed by atoms with Crippen LogP contribution in [-0.4, -0.2) is 53.8 Å². The molecule has 9 heteroatoms. The van der Waals surface area contributed by atoms with Gasteiger partial charge in [0.25, 0.3) is 0 Å². The lowest BCUT2D eigenvalue weighted by Crippen LogP contribution is -2.25. The molecule has 1 aliphatic rings.